The Labute approximate surface area is 167 Å². The molecule has 1 rings (SSSR count). The molecule has 6 nitrogen and oxygen atoms in total. The molecule has 146 valence electrons. The lowest BCUT2D eigenvalue weighted by molar-refractivity contribution is -0.140. The summed E-state index contributed by atoms with van der Waals surface area (Å²) in [7, 11) is 5.31. The lowest BCUT2D eigenvalue weighted by atomic mass is 10.4. The van der Waals surface area contributed by atoms with Crippen molar-refractivity contribution in [2.75, 3.05) is 47.4 Å². The molecule has 0 saturated heterocycles. The summed E-state index contributed by atoms with van der Waals surface area (Å²) in [6, 6.07) is 0. The number of methoxy groups -OCH3 is 1. The highest BCUT2D eigenvalue weighted by atomic mass is 127. The molecular formula is C14H25F3IN5OS. The number of thiazole rings is 1. The summed E-state index contributed by atoms with van der Waals surface area (Å²) in [5.41, 5.74) is -0.857. The van der Waals surface area contributed by atoms with E-state index in [4.69, 9.17) is 4.74 Å². The molecule has 0 aromatic carbocycles. The molecule has 0 amide bonds. The standard InChI is InChI=1S/C14H24F3N5OS.HI/c1-18-13(19-5-7-22(2)6-4-8-23-3)20-9-12-21-11(10-24-12)14(15,16)17;/h10H,4-9H2,1-3H3,(H2,18,19,20);1H. The molecule has 1 aromatic rings. The molecule has 0 saturated carbocycles. The summed E-state index contributed by atoms with van der Waals surface area (Å²) in [6.07, 6.45) is -3.44. The van der Waals surface area contributed by atoms with Gasteiger partial charge >= 0.3 is 6.18 Å². The van der Waals surface area contributed by atoms with E-state index in [1.54, 1.807) is 14.2 Å². The van der Waals surface area contributed by atoms with E-state index < -0.39 is 11.9 Å². The highest BCUT2D eigenvalue weighted by molar-refractivity contribution is 14.0. The van der Waals surface area contributed by atoms with E-state index >= 15 is 0 Å². The molecule has 0 aliphatic carbocycles. The van der Waals surface area contributed by atoms with Gasteiger partial charge in [0.05, 0.1) is 6.54 Å². The van der Waals surface area contributed by atoms with Gasteiger partial charge in [0.2, 0.25) is 0 Å². The Morgan fingerprint density at radius 1 is 1.36 bits per heavy atom. The Hall–Kier alpha value is -0.660. The normalized spacial score (nSPS) is 12.2. The summed E-state index contributed by atoms with van der Waals surface area (Å²) in [4.78, 5) is 9.77. The van der Waals surface area contributed by atoms with Gasteiger partial charge in [-0.3, -0.25) is 4.99 Å². The summed E-state index contributed by atoms with van der Waals surface area (Å²) < 4.78 is 42.5. The van der Waals surface area contributed by atoms with Crippen LogP contribution in [0.25, 0.3) is 0 Å². The Morgan fingerprint density at radius 3 is 2.64 bits per heavy atom. The van der Waals surface area contributed by atoms with Gasteiger partial charge in [-0.15, -0.1) is 35.3 Å². The van der Waals surface area contributed by atoms with Gasteiger partial charge < -0.3 is 20.3 Å². The van der Waals surface area contributed by atoms with E-state index in [0.717, 1.165) is 42.8 Å². The lowest BCUT2D eigenvalue weighted by Crippen LogP contribution is -2.40. The van der Waals surface area contributed by atoms with Gasteiger partial charge in [0.15, 0.2) is 11.7 Å². The quantitative estimate of drug-likeness (QED) is 0.239. The average Bonchev–Trinajstić information content (AvgIpc) is 3.00. The number of rotatable bonds is 9. The number of ether oxygens (including phenoxy) is 1. The van der Waals surface area contributed by atoms with Crippen molar-refractivity contribution in [3.05, 3.63) is 16.1 Å². The van der Waals surface area contributed by atoms with E-state index in [2.05, 4.69) is 25.5 Å². The van der Waals surface area contributed by atoms with E-state index in [9.17, 15) is 13.2 Å². The van der Waals surface area contributed by atoms with Gasteiger partial charge in [0.1, 0.15) is 5.01 Å². The number of halogens is 4. The number of nitrogens with one attached hydrogen (secondary N) is 2. The Bertz CT molecular complexity index is 513. The predicted molar refractivity (Wildman–Crippen MR) is 105 cm³/mol. The summed E-state index contributed by atoms with van der Waals surface area (Å²) in [6.45, 7) is 3.36. The van der Waals surface area contributed by atoms with Crippen LogP contribution in [-0.2, 0) is 17.5 Å². The molecule has 0 unspecified atom stereocenters. The summed E-state index contributed by atoms with van der Waals surface area (Å²) in [5, 5.41) is 7.46. The first-order valence-corrected chi connectivity index (χ1v) is 8.38. The minimum absolute atomic E-state index is 0. The third kappa shape index (κ3) is 10.2. The lowest BCUT2D eigenvalue weighted by Gasteiger charge is -2.17. The van der Waals surface area contributed by atoms with E-state index in [1.807, 2.05) is 7.05 Å². The second-order valence-electron chi connectivity index (χ2n) is 5.13. The fourth-order valence-electron chi connectivity index (χ4n) is 1.86. The SMILES string of the molecule is CN=C(NCCN(C)CCCOC)NCc1nc(C(F)(F)F)cs1.I. The molecular weight excluding hydrogens is 470 g/mol. The number of hydrogen-bond acceptors (Lipinski definition) is 5. The molecule has 0 fully saturated rings. The van der Waals surface area contributed by atoms with E-state index in [1.165, 1.54) is 0 Å². The number of aromatic nitrogens is 1. The molecule has 11 heteroatoms. The predicted octanol–water partition coefficient (Wildman–Crippen LogP) is 2.41. The highest BCUT2D eigenvalue weighted by Crippen LogP contribution is 2.29. The smallest absolute Gasteiger partial charge is 0.385 e. The Morgan fingerprint density at radius 2 is 2.08 bits per heavy atom. The van der Waals surface area contributed by atoms with Crippen molar-refractivity contribution in [1.82, 2.24) is 20.5 Å². The second kappa shape index (κ2) is 12.7. The van der Waals surface area contributed by atoms with Crippen LogP contribution in [0, 0.1) is 0 Å². The second-order valence-corrected chi connectivity index (χ2v) is 6.07. The van der Waals surface area contributed by atoms with Gasteiger partial charge in [-0.2, -0.15) is 13.2 Å². The molecule has 25 heavy (non-hydrogen) atoms. The van der Waals surface area contributed by atoms with Crippen LogP contribution in [0.4, 0.5) is 13.2 Å². The van der Waals surface area contributed by atoms with Crippen molar-refractivity contribution in [2.45, 2.75) is 19.1 Å². The zero-order valence-corrected chi connectivity index (χ0v) is 17.7. The number of guanidine groups is 1. The van der Waals surface area contributed by atoms with Crippen LogP contribution in [0.5, 0.6) is 0 Å². The van der Waals surface area contributed by atoms with Crippen LogP contribution >= 0.6 is 35.3 Å². The number of aliphatic imine (C=N–C) groups is 1. The molecule has 1 aromatic heterocycles. The van der Waals surface area contributed by atoms with Crippen molar-refractivity contribution in [3.63, 3.8) is 0 Å². The monoisotopic (exact) mass is 495 g/mol. The molecule has 0 spiro atoms. The molecule has 0 radical (unpaired) electrons. The van der Waals surface area contributed by atoms with Crippen LogP contribution in [0.1, 0.15) is 17.1 Å². The zero-order valence-electron chi connectivity index (χ0n) is 14.5. The fraction of sp³-hybridized carbons (Fsp3) is 0.714. The van der Waals surface area contributed by atoms with Gasteiger partial charge in [0, 0.05) is 45.8 Å². The van der Waals surface area contributed by atoms with Gasteiger partial charge in [-0.05, 0) is 13.5 Å². The van der Waals surface area contributed by atoms with Crippen molar-refractivity contribution in [3.8, 4) is 0 Å². The first-order chi connectivity index (χ1) is 11.4. The largest absolute Gasteiger partial charge is 0.434 e. The molecule has 0 bridgehead atoms. The number of alkyl halides is 3. The van der Waals surface area contributed by atoms with Crippen LogP contribution in [0.15, 0.2) is 10.4 Å². The Kier molecular flexibility index (Phi) is 12.3. The fourth-order valence-corrected chi connectivity index (χ4v) is 2.60. The van der Waals surface area contributed by atoms with Gasteiger partial charge in [0.25, 0.3) is 0 Å². The highest BCUT2D eigenvalue weighted by Gasteiger charge is 2.33. The molecule has 0 aliphatic heterocycles. The topological polar surface area (TPSA) is 61.8 Å². The van der Waals surface area contributed by atoms with Crippen LogP contribution in [-0.4, -0.2) is 63.3 Å². The van der Waals surface area contributed by atoms with E-state index in [0.29, 0.717) is 17.5 Å². The molecule has 2 N–H and O–H groups in total. The van der Waals surface area contributed by atoms with Gasteiger partial charge in [-0.25, -0.2) is 4.98 Å². The third-order valence-corrected chi connectivity index (χ3v) is 4.00. The number of likely N-dealkylation sites (N-methyl/N-ethyl adjacent to an activating group) is 1. The maximum absolute atomic E-state index is 12.5. The van der Waals surface area contributed by atoms with Gasteiger partial charge in [-0.1, -0.05) is 0 Å². The minimum Gasteiger partial charge on any atom is -0.385 e. The van der Waals surface area contributed by atoms with Crippen LogP contribution < -0.4 is 10.6 Å². The first-order valence-electron chi connectivity index (χ1n) is 7.50. The van der Waals surface area contributed by atoms with Crippen molar-refractivity contribution >= 4 is 41.3 Å². The molecule has 0 atom stereocenters. The van der Waals surface area contributed by atoms with Crippen LogP contribution in [0.2, 0.25) is 0 Å². The van der Waals surface area contributed by atoms with Crippen molar-refractivity contribution < 1.29 is 17.9 Å². The van der Waals surface area contributed by atoms with Crippen molar-refractivity contribution in [2.24, 2.45) is 4.99 Å². The third-order valence-electron chi connectivity index (χ3n) is 3.15. The molecule has 1 heterocycles. The maximum atomic E-state index is 12.5. The van der Waals surface area contributed by atoms with Crippen LogP contribution in [0.3, 0.4) is 0 Å². The first kappa shape index (κ1) is 24.3. The van der Waals surface area contributed by atoms with Crippen molar-refractivity contribution in [1.29, 1.82) is 0 Å². The Balaban J connectivity index is 0.00000576. The zero-order chi connectivity index (χ0) is 18.0. The average molecular weight is 495 g/mol. The number of nitrogens with zero attached hydrogens (tertiary/aromatic N) is 3. The summed E-state index contributed by atoms with van der Waals surface area (Å²) >= 11 is 0.972. The summed E-state index contributed by atoms with van der Waals surface area (Å²) in [5.74, 6) is 0.532. The number of hydrogen-bond donors (Lipinski definition) is 2. The minimum atomic E-state index is -4.40. The van der Waals surface area contributed by atoms with E-state index in [-0.39, 0.29) is 30.5 Å². The maximum Gasteiger partial charge on any atom is 0.434 e. The molecule has 0 aliphatic rings.